The number of nitrogens with one attached hydrogen (secondary N) is 1. The van der Waals surface area contributed by atoms with Gasteiger partial charge in [0.15, 0.2) is 5.78 Å². The Labute approximate surface area is 114 Å². The summed E-state index contributed by atoms with van der Waals surface area (Å²) in [7, 11) is 0. The highest BCUT2D eigenvalue weighted by Crippen LogP contribution is 2.22. The van der Waals surface area contributed by atoms with Crippen molar-refractivity contribution in [2.75, 3.05) is 5.32 Å². The number of hydrogen-bond acceptors (Lipinski definition) is 2. The van der Waals surface area contributed by atoms with E-state index in [1.807, 2.05) is 30.3 Å². The predicted octanol–water partition coefficient (Wildman–Crippen LogP) is 4.45. The first-order chi connectivity index (χ1) is 9.20. The fourth-order valence-electron chi connectivity index (χ4n) is 2.11. The van der Waals surface area contributed by atoms with Gasteiger partial charge >= 0.3 is 0 Å². The Balaban J connectivity index is 2.12. The number of anilines is 1. The lowest BCUT2D eigenvalue weighted by atomic mass is 10.0. The second kappa shape index (κ2) is 6.19. The van der Waals surface area contributed by atoms with E-state index in [1.165, 1.54) is 5.56 Å². The Hall–Kier alpha value is -2.09. The minimum absolute atomic E-state index is 0.0988. The minimum atomic E-state index is 0.0988. The van der Waals surface area contributed by atoms with E-state index in [-0.39, 0.29) is 5.78 Å². The maximum Gasteiger partial charge on any atom is 0.159 e. The lowest BCUT2D eigenvalue weighted by molar-refractivity contribution is 0.101. The van der Waals surface area contributed by atoms with E-state index < -0.39 is 0 Å². The van der Waals surface area contributed by atoms with Gasteiger partial charge in [0.2, 0.25) is 0 Å². The molecule has 1 atom stereocenters. The van der Waals surface area contributed by atoms with E-state index in [0.717, 1.165) is 17.7 Å². The van der Waals surface area contributed by atoms with Crippen molar-refractivity contribution in [2.45, 2.75) is 26.3 Å². The normalized spacial score (nSPS) is 11.9. The summed E-state index contributed by atoms with van der Waals surface area (Å²) in [6.07, 6.45) is 1.01. The molecule has 0 heterocycles. The molecular formula is C17H19NO. The highest BCUT2D eigenvalue weighted by Gasteiger charge is 2.08. The van der Waals surface area contributed by atoms with Crippen LogP contribution in [-0.4, -0.2) is 5.78 Å². The summed E-state index contributed by atoms with van der Waals surface area (Å²) in [5.41, 5.74) is 3.07. The van der Waals surface area contributed by atoms with Gasteiger partial charge in [-0.3, -0.25) is 4.79 Å². The highest BCUT2D eigenvalue weighted by molar-refractivity contribution is 5.94. The topological polar surface area (TPSA) is 29.1 Å². The molecule has 19 heavy (non-hydrogen) atoms. The molecule has 0 fully saturated rings. The number of benzene rings is 2. The first-order valence-corrected chi connectivity index (χ1v) is 6.63. The minimum Gasteiger partial charge on any atom is -0.378 e. The Kier molecular flexibility index (Phi) is 4.35. The van der Waals surface area contributed by atoms with Crippen molar-refractivity contribution in [3.63, 3.8) is 0 Å². The van der Waals surface area contributed by atoms with Crippen LogP contribution in [0.5, 0.6) is 0 Å². The summed E-state index contributed by atoms with van der Waals surface area (Å²) in [6.45, 7) is 3.75. The number of carbonyl (C=O) groups excluding carboxylic acids is 1. The van der Waals surface area contributed by atoms with Crippen molar-refractivity contribution < 1.29 is 4.79 Å². The zero-order valence-electron chi connectivity index (χ0n) is 11.4. The van der Waals surface area contributed by atoms with Gasteiger partial charge < -0.3 is 5.32 Å². The van der Waals surface area contributed by atoms with E-state index in [9.17, 15) is 4.79 Å². The van der Waals surface area contributed by atoms with Crippen molar-refractivity contribution in [1.82, 2.24) is 0 Å². The molecule has 0 aromatic heterocycles. The summed E-state index contributed by atoms with van der Waals surface area (Å²) < 4.78 is 0. The predicted molar refractivity (Wildman–Crippen MR) is 79.5 cm³/mol. The van der Waals surface area contributed by atoms with Crippen LogP contribution in [0, 0.1) is 0 Å². The van der Waals surface area contributed by atoms with Crippen molar-refractivity contribution in [3.8, 4) is 0 Å². The van der Waals surface area contributed by atoms with Crippen LogP contribution in [-0.2, 0) is 0 Å². The van der Waals surface area contributed by atoms with Crippen LogP contribution in [0.4, 0.5) is 5.69 Å². The van der Waals surface area contributed by atoms with Gasteiger partial charge in [-0.2, -0.15) is 0 Å². The number of rotatable bonds is 5. The fraction of sp³-hybridized carbons (Fsp3) is 0.235. The number of Topliss-reactive ketones (excluding diaryl/α,β-unsaturated/α-hetero) is 1. The van der Waals surface area contributed by atoms with Crippen LogP contribution in [0.25, 0.3) is 0 Å². The zero-order chi connectivity index (χ0) is 13.7. The molecule has 0 saturated heterocycles. The molecule has 0 saturated carbocycles. The Morgan fingerprint density at radius 1 is 1.05 bits per heavy atom. The quantitative estimate of drug-likeness (QED) is 0.797. The van der Waals surface area contributed by atoms with E-state index in [2.05, 4.69) is 36.5 Å². The largest absolute Gasteiger partial charge is 0.378 e. The second-order valence-electron chi connectivity index (χ2n) is 4.65. The molecule has 0 radical (unpaired) electrons. The molecule has 0 spiro atoms. The molecule has 0 amide bonds. The van der Waals surface area contributed by atoms with Gasteiger partial charge in [-0.05, 0) is 43.2 Å². The molecule has 2 heteroatoms. The highest BCUT2D eigenvalue weighted by atomic mass is 16.1. The molecule has 0 aliphatic carbocycles. The molecule has 2 nitrogen and oxygen atoms in total. The molecule has 0 bridgehead atoms. The summed E-state index contributed by atoms with van der Waals surface area (Å²) in [5.74, 6) is 0.0988. The SMILES string of the molecule is CCC(Nc1ccc(C(C)=O)cc1)c1ccccc1. The third kappa shape index (κ3) is 3.44. The summed E-state index contributed by atoms with van der Waals surface area (Å²) in [6, 6.07) is 18.3. The molecule has 2 aromatic carbocycles. The van der Waals surface area contributed by atoms with Gasteiger partial charge in [-0.25, -0.2) is 0 Å². The average Bonchev–Trinajstić information content (AvgIpc) is 2.46. The van der Waals surface area contributed by atoms with Crippen LogP contribution < -0.4 is 5.32 Å². The van der Waals surface area contributed by atoms with Crippen LogP contribution in [0.1, 0.15) is 42.2 Å². The standard InChI is InChI=1S/C17H19NO/c1-3-17(15-7-5-4-6-8-15)18-16-11-9-14(10-12-16)13(2)19/h4-12,17-18H,3H2,1-2H3. The first-order valence-electron chi connectivity index (χ1n) is 6.63. The number of carbonyl (C=O) groups is 1. The van der Waals surface area contributed by atoms with Gasteiger partial charge in [0.1, 0.15) is 0 Å². The van der Waals surface area contributed by atoms with E-state index in [1.54, 1.807) is 6.92 Å². The van der Waals surface area contributed by atoms with Crippen molar-refractivity contribution >= 4 is 11.5 Å². The molecular weight excluding hydrogens is 234 g/mol. The Morgan fingerprint density at radius 2 is 1.68 bits per heavy atom. The maximum atomic E-state index is 11.2. The van der Waals surface area contributed by atoms with Crippen molar-refractivity contribution in [2.24, 2.45) is 0 Å². The monoisotopic (exact) mass is 253 g/mol. The van der Waals surface area contributed by atoms with Crippen molar-refractivity contribution in [1.29, 1.82) is 0 Å². The zero-order valence-corrected chi connectivity index (χ0v) is 11.4. The third-order valence-corrected chi connectivity index (χ3v) is 3.24. The summed E-state index contributed by atoms with van der Waals surface area (Å²) in [5, 5.41) is 3.50. The summed E-state index contributed by atoms with van der Waals surface area (Å²) >= 11 is 0. The molecule has 0 aliphatic heterocycles. The Morgan fingerprint density at radius 3 is 2.21 bits per heavy atom. The fourth-order valence-corrected chi connectivity index (χ4v) is 2.11. The van der Waals surface area contributed by atoms with E-state index in [4.69, 9.17) is 0 Å². The average molecular weight is 253 g/mol. The second-order valence-corrected chi connectivity index (χ2v) is 4.65. The molecule has 1 unspecified atom stereocenters. The lowest BCUT2D eigenvalue weighted by Gasteiger charge is -2.18. The maximum absolute atomic E-state index is 11.2. The first kappa shape index (κ1) is 13.3. The van der Waals surface area contributed by atoms with Gasteiger partial charge in [0, 0.05) is 11.3 Å². The van der Waals surface area contributed by atoms with Crippen LogP contribution >= 0.6 is 0 Å². The Bertz CT molecular complexity index is 531. The van der Waals surface area contributed by atoms with E-state index in [0.29, 0.717) is 6.04 Å². The third-order valence-electron chi connectivity index (χ3n) is 3.24. The van der Waals surface area contributed by atoms with Gasteiger partial charge in [-0.15, -0.1) is 0 Å². The van der Waals surface area contributed by atoms with Gasteiger partial charge in [-0.1, -0.05) is 37.3 Å². The van der Waals surface area contributed by atoms with E-state index >= 15 is 0 Å². The van der Waals surface area contributed by atoms with Crippen molar-refractivity contribution in [3.05, 3.63) is 65.7 Å². The molecule has 98 valence electrons. The number of hydrogen-bond donors (Lipinski definition) is 1. The van der Waals surface area contributed by atoms with Gasteiger partial charge in [0.25, 0.3) is 0 Å². The molecule has 2 aromatic rings. The van der Waals surface area contributed by atoms with Crippen LogP contribution in [0.2, 0.25) is 0 Å². The van der Waals surface area contributed by atoms with Crippen LogP contribution in [0.15, 0.2) is 54.6 Å². The molecule has 1 N–H and O–H groups in total. The number of ketones is 1. The van der Waals surface area contributed by atoms with Crippen LogP contribution in [0.3, 0.4) is 0 Å². The summed E-state index contributed by atoms with van der Waals surface area (Å²) in [4.78, 5) is 11.2. The van der Waals surface area contributed by atoms with Gasteiger partial charge in [0.05, 0.1) is 6.04 Å². The molecule has 0 aliphatic rings. The smallest absolute Gasteiger partial charge is 0.159 e. The lowest BCUT2D eigenvalue weighted by Crippen LogP contribution is -2.09. The molecule has 2 rings (SSSR count).